The number of nitrogens with two attached hydrogens (primary N) is 1. The van der Waals surface area contributed by atoms with Gasteiger partial charge in [0.25, 0.3) is 0 Å². The summed E-state index contributed by atoms with van der Waals surface area (Å²) in [5.74, 6) is 6.33. The van der Waals surface area contributed by atoms with Gasteiger partial charge in [-0.15, -0.1) is 0 Å². The first kappa shape index (κ1) is 14.3. The minimum Gasteiger partial charge on any atom is -0.271 e. The van der Waals surface area contributed by atoms with Crippen LogP contribution >= 0.6 is 34.2 Å². The van der Waals surface area contributed by atoms with Gasteiger partial charge in [0.05, 0.1) is 5.02 Å². The molecule has 2 unspecified atom stereocenters. The Kier molecular flexibility index (Phi) is 4.31. The molecule has 104 valence electrons. The molecule has 0 fully saturated rings. The first-order valence-electron chi connectivity index (χ1n) is 6.68. The molecule has 0 amide bonds. The Bertz CT molecular complexity index is 630. The molecular weight excluding hydrogens is 383 g/mol. The fourth-order valence-electron chi connectivity index (χ4n) is 2.89. The Morgan fingerprint density at radius 1 is 1.30 bits per heavy atom. The summed E-state index contributed by atoms with van der Waals surface area (Å²) in [5, 5.41) is 0.789. The van der Waals surface area contributed by atoms with Crippen molar-refractivity contribution in [1.82, 2.24) is 5.43 Å². The van der Waals surface area contributed by atoms with Crippen LogP contribution in [0.4, 0.5) is 0 Å². The van der Waals surface area contributed by atoms with Crippen LogP contribution < -0.4 is 11.3 Å². The average molecular weight is 399 g/mol. The fourth-order valence-corrected chi connectivity index (χ4v) is 3.41. The number of nitrogens with one attached hydrogen (secondary N) is 1. The molecule has 1 aliphatic rings. The van der Waals surface area contributed by atoms with Gasteiger partial charge in [0.1, 0.15) is 0 Å². The molecule has 0 spiro atoms. The Balaban J connectivity index is 1.77. The number of fused-ring (bicyclic) bond motifs is 1. The van der Waals surface area contributed by atoms with E-state index >= 15 is 0 Å². The zero-order chi connectivity index (χ0) is 14.1. The third kappa shape index (κ3) is 2.72. The van der Waals surface area contributed by atoms with E-state index in [0.717, 1.165) is 27.0 Å². The summed E-state index contributed by atoms with van der Waals surface area (Å²) >= 11 is 8.44. The summed E-state index contributed by atoms with van der Waals surface area (Å²) in [6.07, 6.45) is 2.15. The topological polar surface area (TPSA) is 38.0 Å². The first-order chi connectivity index (χ1) is 9.69. The van der Waals surface area contributed by atoms with Gasteiger partial charge in [-0.2, -0.15) is 0 Å². The van der Waals surface area contributed by atoms with Gasteiger partial charge in [-0.25, -0.2) is 0 Å². The molecule has 2 aromatic carbocycles. The van der Waals surface area contributed by atoms with Gasteiger partial charge < -0.3 is 0 Å². The first-order valence-corrected chi connectivity index (χ1v) is 8.13. The van der Waals surface area contributed by atoms with Crippen LogP contribution in [0.15, 0.2) is 42.5 Å². The van der Waals surface area contributed by atoms with E-state index < -0.39 is 0 Å². The van der Waals surface area contributed by atoms with Crippen molar-refractivity contribution in [3.8, 4) is 0 Å². The Labute approximate surface area is 137 Å². The van der Waals surface area contributed by atoms with Crippen molar-refractivity contribution in [3.63, 3.8) is 0 Å². The molecular formula is C16H16ClIN2. The van der Waals surface area contributed by atoms with Crippen LogP contribution in [-0.2, 0) is 6.42 Å². The maximum Gasteiger partial charge on any atom is 0.0542 e. The maximum atomic E-state index is 6.20. The van der Waals surface area contributed by atoms with Crippen molar-refractivity contribution in [2.24, 2.45) is 5.84 Å². The van der Waals surface area contributed by atoms with E-state index in [-0.39, 0.29) is 6.04 Å². The second-order valence-electron chi connectivity index (χ2n) is 5.23. The molecule has 4 heteroatoms. The minimum atomic E-state index is 0.142. The summed E-state index contributed by atoms with van der Waals surface area (Å²) in [6.45, 7) is 0. The van der Waals surface area contributed by atoms with Crippen LogP contribution in [-0.4, -0.2) is 0 Å². The van der Waals surface area contributed by atoms with E-state index in [1.807, 2.05) is 12.1 Å². The lowest BCUT2D eigenvalue weighted by molar-refractivity contribution is 0.435. The molecule has 2 nitrogen and oxygen atoms in total. The Morgan fingerprint density at radius 2 is 2.10 bits per heavy atom. The number of benzene rings is 2. The van der Waals surface area contributed by atoms with E-state index in [1.54, 1.807) is 0 Å². The van der Waals surface area contributed by atoms with Gasteiger partial charge in [-0.3, -0.25) is 11.3 Å². The van der Waals surface area contributed by atoms with Gasteiger partial charge >= 0.3 is 0 Å². The highest BCUT2D eigenvalue weighted by Crippen LogP contribution is 2.40. The number of halogens is 2. The van der Waals surface area contributed by atoms with Gasteiger partial charge in [0.2, 0.25) is 0 Å². The van der Waals surface area contributed by atoms with Crippen molar-refractivity contribution in [3.05, 3.63) is 67.7 Å². The number of hydrogen-bond acceptors (Lipinski definition) is 2. The van der Waals surface area contributed by atoms with E-state index in [1.165, 1.54) is 11.1 Å². The summed E-state index contributed by atoms with van der Waals surface area (Å²) in [4.78, 5) is 0. The zero-order valence-corrected chi connectivity index (χ0v) is 13.9. The monoisotopic (exact) mass is 398 g/mol. The van der Waals surface area contributed by atoms with Gasteiger partial charge in [0, 0.05) is 9.61 Å². The largest absolute Gasteiger partial charge is 0.271 e. The molecule has 3 N–H and O–H groups in total. The van der Waals surface area contributed by atoms with Crippen molar-refractivity contribution in [2.45, 2.75) is 24.8 Å². The SMILES string of the molecule is NNC(CC1Cc2ccccc21)c1ccc(I)c(Cl)c1. The van der Waals surface area contributed by atoms with E-state index in [9.17, 15) is 0 Å². The average Bonchev–Trinajstić information content (AvgIpc) is 2.44. The van der Waals surface area contributed by atoms with Crippen LogP contribution in [0.25, 0.3) is 0 Å². The molecule has 0 heterocycles. The summed E-state index contributed by atoms with van der Waals surface area (Å²) < 4.78 is 1.07. The fraction of sp³-hybridized carbons (Fsp3) is 0.250. The lowest BCUT2D eigenvalue weighted by atomic mass is 9.74. The molecule has 0 aromatic heterocycles. The van der Waals surface area contributed by atoms with Crippen LogP contribution in [0.1, 0.15) is 35.1 Å². The lowest BCUT2D eigenvalue weighted by Gasteiger charge is -2.33. The van der Waals surface area contributed by atoms with Crippen LogP contribution in [0.3, 0.4) is 0 Å². The predicted molar refractivity (Wildman–Crippen MR) is 91.7 cm³/mol. The molecule has 2 atom stereocenters. The van der Waals surface area contributed by atoms with Crippen LogP contribution in [0.2, 0.25) is 5.02 Å². The third-order valence-electron chi connectivity index (χ3n) is 4.03. The molecule has 0 aliphatic heterocycles. The Hall–Kier alpha value is -0.620. The number of rotatable bonds is 4. The molecule has 0 saturated carbocycles. The van der Waals surface area contributed by atoms with Gasteiger partial charge in [0.15, 0.2) is 0 Å². The van der Waals surface area contributed by atoms with Crippen LogP contribution in [0, 0.1) is 3.57 Å². The van der Waals surface area contributed by atoms with Crippen molar-refractivity contribution in [2.75, 3.05) is 0 Å². The lowest BCUT2D eigenvalue weighted by Crippen LogP contribution is -2.31. The maximum absolute atomic E-state index is 6.20. The summed E-state index contributed by atoms with van der Waals surface area (Å²) in [6, 6.07) is 14.9. The molecule has 3 rings (SSSR count). The third-order valence-corrected chi connectivity index (χ3v) is 5.60. The second kappa shape index (κ2) is 6.02. The smallest absolute Gasteiger partial charge is 0.0542 e. The minimum absolute atomic E-state index is 0.142. The molecule has 1 aliphatic carbocycles. The Morgan fingerprint density at radius 3 is 2.80 bits per heavy atom. The number of hydrazine groups is 1. The number of hydrogen-bond donors (Lipinski definition) is 2. The van der Waals surface area contributed by atoms with E-state index in [2.05, 4.69) is 58.3 Å². The summed E-state index contributed by atoms with van der Waals surface area (Å²) in [5.41, 5.74) is 7.02. The van der Waals surface area contributed by atoms with Gasteiger partial charge in [-0.05, 0) is 70.2 Å². The quantitative estimate of drug-likeness (QED) is 0.461. The van der Waals surface area contributed by atoms with Gasteiger partial charge in [-0.1, -0.05) is 41.9 Å². The van der Waals surface area contributed by atoms with E-state index in [0.29, 0.717) is 5.92 Å². The van der Waals surface area contributed by atoms with Crippen LogP contribution in [0.5, 0.6) is 0 Å². The standard InChI is InChI=1S/C16H16ClIN2/c17-14-8-11(5-6-15(14)18)16(20-19)9-12-7-10-3-1-2-4-13(10)12/h1-6,8,12,16,20H,7,9,19H2. The predicted octanol–water partition coefficient (Wildman–Crippen LogP) is 4.18. The highest BCUT2D eigenvalue weighted by atomic mass is 127. The molecule has 2 aromatic rings. The zero-order valence-electron chi connectivity index (χ0n) is 10.9. The molecule has 0 radical (unpaired) electrons. The molecule has 0 bridgehead atoms. The van der Waals surface area contributed by atoms with Crippen molar-refractivity contribution < 1.29 is 0 Å². The molecule has 0 saturated heterocycles. The molecule has 20 heavy (non-hydrogen) atoms. The second-order valence-corrected chi connectivity index (χ2v) is 6.80. The highest BCUT2D eigenvalue weighted by molar-refractivity contribution is 14.1. The van der Waals surface area contributed by atoms with Crippen molar-refractivity contribution >= 4 is 34.2 Å². The van der Waals surface area contributed by atoms with E-state index in [4.69, 9.17) is 17.4 Å². The highest BCUT2D eigenvalue weighted by Gasteiger charge is 2.28. The van der Waals surface area contributed by atoms with Crippen molar-refractivity contribution in [1.29, 1.82) is 0 Å². The normalized spacial score (nSPS) is 18.2. The summed E-state index contributed by atoms with van der Waals surface area (Å²) in [7, 11) is 0.